The van der Waals surface area contributed by atoms with Crippen LogP contribution < -0.4 is 9.80 Å². The number of fused-ring (bicyclic) bond motifs is 1. The Kier molecular flexibility index (Phi) is 4.95. The molecule has 0 unspecified atom stereocenters. The lowest BCUT2D eigenvalue weighted by molar-refractivity contribution is 0.0579. The highest BCUT2D eigenvalue weighted by Gasteiger charge is 2.30. The van der Waals surface area contributed by atoms with Crippen LogP contribution in [0.2, 0.25) is 0 Å². The number of hydrogen-bond acceptors (Lipinski definition) is 4. The van der Waals surface area contributed by atoms with Gasteiger partial charge in [0.2, 0.25) is 0 Å². The molecule has 0 radical (unpaired) electrons. The Morgan fingerprint density at radius 3 is 2.71 bits per heavy atom. The fourth-order valence-electron chi connectivity index (χ4n) is 2.18. The highest BCUT2D eigenvalue weighted by molar-refractivity contribution is 14.1. The molecule has 0 saturated heterocycles. The number of aryl methyl sites for hydroxylation is 1. The van der Waals surface area contributed by atoms with Gasteiger partial charge >= 0.3 is 6.09 Å². The summed E-state index contributed by atoms with van der Waals surface area (Å²) >= 11 is 2.33. The minimum Gasteiger partial charge on any atom is -0.443 e. The fraction of sp³-hybridized carbons (Fsp3) is 0.600. The van der Waals surface area contributed by atoms with Crippen molar-refractivity contribution in [1.82, 2.24) is 4.98 Å². The summed E-state index contributed by atoms with van der Waals surface area (Å²) in [5, 5.41) is 0. The van der Waals surface area contributed by atoms with E-state index in [0.29, 0.717) is 12.4 Å². The average molecular weight is 403 g/mol. The zero-order valence-corrected chi connectivity index (χ0v) is 15.2. The van der Waals surface area contributed by atoms with E-state index in [4.69, 9.17) is 4.74 Å². The largest absolute Gasteiger partial charge is 0.443 e. The number of carbonyl (C=O) groups is 1. The van der Waals surface area contributed by atoms with Gasteiger partial charge in [-0.2, -0.15) is 0 Å². The number of nitrogens with zero attached hydrogens (tertiary/aromatic N) is 3. The molecule has 21 heavy (non-hydrogen) atoms. The number of hydrogen-bond donors (Lipinski definition) is 0. The second-order valence-electron chi connectivity index (χ2n) is 6.14. The average Bonchev–Trinajstić information content (AvgIpc) is 2.37. The summed E-state index contributed by atoms with van der Waals surface area (Å²) in [6.07, 6.45) is 0.579. The Hall–Kier alpha value is -1.05. The van der Waals surface area contributed by atoms with Crippen LogP contribution in [-0.2, 0) is 11.2 Å². The third-order valence-electron chi connectivity index (χ3n) is 3.20. The van der Waals surface area contributed by atoms with Gasteiger partial charge in [-0.25, -0.2) is 9.78 Å². The summed E-state index contributed by atoms with van der Waals surface area (Å²) in [5.41, 5.74) is 1.48. The predicted molar refractivity (Wildman–Crippen MR) is 93.7 cm³/mol. The minimum absolute atomic E-state index is 0.323. The minimum atomic E-state index is -0.500. The molecule has 0 spiro atoms. The first-order valence-electron chi connectivity index (χ1n) is 7.09. The van der Waals surface area contributed by atoms with Crippen LogP contribution in [0.1, 0.15) is 26.5 Å². The second-order valence-corrected chi connectivity index (χ2v) is 7.22. The molecule has 0 bridgehead atoms. The highest BCUT2D eigenvalue weighted by Crippen LogP contribution is 2.31. The summed E-state index contributed by atoms with van der Waals surface area (Å²) in [7, 11) is 2.02. The van der Waals surface area contributed by atoms with Crippen molar-refractivity contribution in [1.29, 1.82) is 0 Å². The first-order chi connectivity index (χ1) is 9.81. The van der Waals surface area contributed by atoms with Gasteiger partial charge in [0.1, 0.15) is 5.60 Å². The third-order valence-corrected chi connectivity index (χ3v) is 3.74. The number of anilines is 2. The highest BCUT2D eigenvalue weighted by atomic mass is 127. The molecule has 1 aliphatic heterocycles. The zero-order chi connectivity index (χ0) is 15.6. The zero-order valence-electron chi connectivity index (χ0n) is 13.0. The van der Waals surface area contributed by atoms with E-state index in [2.05, 4.69) is 32.5 Å². The normalized spacial score (nSPS) is 14.9. The Labute approximate surface area is 139 Å². The molecule has 5 nitrogen and oxygen atoms in total. The molecule has 0 atom stereocenters. The van der Waals surface area contributed by atoms with Gasteiger partial charge in [-0.3, -0.25) is 4.90 Å². The molecule has 1 aromatic heterocycles. The second kappa shape index (κ2) is 6.37. The van der Waals surface area contributed by atoms with Crippen LogP contribution >= 0.6 is 22.6 Å². The molecule has 0 fully saturated rings. The van der Waals surface area contributed by atoms with Gasteiger partial charge in [0.15, 0.2) is 5.82 Å². The van der Waals surface area contributed by atoms with Gasteiger partial charge in [0.25, 0.3) is 0 Å². The first-order valence-corrected chi connectivity index (χ1v) is 8.62. The predicted octanol–water partition coefficient (Wildman–Crippen LogP) is 3.25. The standard InChI is InChI=1S/C15H22IN3O2/c1-15(2,3)21-14(20)19-10-9-18(4)12-6-5-11(7-8-16)17-13(12)19/h5-6H,7-10H2,1-4H3. The molecule has 1 amide bonds. The van der Waals surface area contributed by atoms with Crippen LogP contribution in [-0.4, -0.2) is 41.2 Å². The summed E-state index contributed by atoms with van der Waals surface area (Å²) in [4.78, 5) is 20.8. The lowest BCUT2D eigenvalue weighted by Crippen LogP contribution is -2.45. The molecule has 2 heterocycles. The van der Waals surface area contributed by atoms with Crippen LogP contribution in [0, 0.1) is 0 Å². The van der Waals surface area contributed by atoms with Crippen molar-refractivity contribution >= 4 is 40.2 Å². The van der Waals surface area contributed by atoms with Gasteiger partial charge in [-0.1, -0.05) is 22.6 Å². The summed E-state index contributed by atoms with van der Waals surface area (Å²) in [6.45, 7) is 7.00. The molecule has 0 aromatic carbocycles. The van der Waals surface area contributed by atoms with Crippen molar-refractivity contribution in [3.63, 3.8) is 0 Å². The number of ether oxygens (including phenoxy) is 1. The number of rotatable bonds is 2. The maximum absolute atomic E-state index is 12.4. The molecule has 0 N–H and O–H groups in total. The van der Waals surface area contributed by atoms with Crippen molar-refractivity contribution in [2.24, 2.45) is 0 Å². The molecule has 6 heteroatoms. The maximum atomic E-state index is 12.4. The SMILES string of the molecule is CN1CCN(C(=O)OC(C)(C)C)c2nc(CCI)ccc21. The lowest BCUT2D eigenvalue weighted by Gasteiger charge is -2.35. The van der Waals surface area contributed by atoms with Crippen molar-refractivity contribution in [2.75, 3.05) is 34.4 Å². The summed E-state index contributed by atoms with van der Waals surface area (Å²) in [5.74, 6) is 0.709. The third kappa shape index (κ3) is 3.99. The molecule has 1 aromatic rings. The van der Waals surface area contributed by atoms with Crippen LogP contribution in [0.3, 0.4) is 0 Å². The number of amides is 1. The van der Waals surface area contributed by atoms with E-state index in [1.807, 2.05) is 40.0 Å². The Morgan fingerprint density at radius 2 is 2.10 bits per heavy atom. The van der Waals surface area contributed by atoms with Gasteiger partial charge in [0, 0.05) is 30.3 Å². The van der Waals surface area contributed by atoms with Crippen molar-refractivity contribution in [2.45, 2.75) is 32.8 Å². The Bertz CT molecular complexity index is 528. The van der Waals surface area contributed by atoms with Crippen LogP contribution in [0.4, 0.5) is 16.3 Å². The molecular weight excluding hydrogens is 381 g/mol. The number of aromatic nitrogens is 1. The van der Waals surface area contributed by atoms with E-state index in [0.717, 1.165) is 28.8 Å². The van der Waals surface area contributed by atoms with Gasteiger partial charge in [0.05, 0.1) is 5.69 Å². The van der Waals surface area contributed by atoms with E-state index in [1.165, 1.54) is 0 Å². The lowest BCUT2D eigenvalue weighted by atomic mass is 10.2. The van der Waals surface area contributed by atoms with E-state index >= 15 is 0 Å². The van der Waals surface area contributed by atoms with E-state index in [-0.39, 0.29) is 6.09 Å². The van der Waals surface area contributed by atoms with E-state index in [1.54, 1.807) is 4.90 Å². The van der Waals surface area contributed by atoms with Crippen LogP contribution in [0.15, 0.2) is 12.1 Å². The number of pyridine rings is 1. The Balaban J connectivity index is 2.32. The summed E-state index contributed by atoms with van der Waals surface area (Å²) < 4.78 is 6.50. The Morgan fingerprint density at radius 1 is 1.38 bits per heavy atom. The number of carbonyl (C=O) groups excluding carboxylic acids is 1. The van der Waals surface area contributed by atoms with E-state index < -0.39 is 5.60 Å². The van der Waals surface area contributed by atoms with Gasteiger partial charge < -0.3 is 9.64 Å². The smallest absolute Gasteiger partial charge is 0.416 e. The first kappa shape index (κ1) is 16.3. The van der Waals surface area contributed by atoms with Gasteiger partial charge in [-0.05, 0) is 39.3 Å². The fourth-order valence-corrected chi connectivity index (χ4v) is 2.74. The van der Waals surface area contributed by atoms with Crippen LogP contribution in [0.25, 0.3) is 0 Å². The maximum Gasteiger partial charge on any atom is 0.416 e. The number of alkyl halides is 1. The monoisotopic (exact) mass is 403 g/mol. The quantitative estimate of drug-likeness (QED) is 0.562. The van der Waals surface area contributed by atoms with Crippen LogP contribution in [0.5, 0.6) is 0 Å². The van der Waals surface area contributed by atoms with Gasteiger partial charge in [-0.15, -0.1) is 0 Å². The number of halogens is 1. The molecule has 0 aliphatic carbocycles. The number of likely N-dealkylation sites (N-methyl/N-ethyl adjacent to an activating group) is 1. The molecule has 2 rings (SSSR count). The topological polar surface area (TPSA) is 45.7 Å². The molecule has 1 aliphatic rings. The van der Waals surface area contributed by atoms with Crippen molar-refractivity contribution < 1.29 is 9.53 Å². The molecular formula is C15H22IN3O2. The summed E-state index contributed by atoms with van der Waals surface area (Å²) in [6, 6.07) is 4.08. The molecule has 116 valence electrons. The molecule has 0 saturated carbocycles. The van der Waals surface area contributed by atoms with E-state index in [9.17, 15) is 4.79 Å². The van der Waals surface area contributed by atoms with Crippen molar-refractivity contribution in [3.8, 4) is 0 Å². The van der Waals surface area contributed by atoms with Crippen molar-refractivity contribution in [3.05, 3.63) is 17.8 Å².